The molecule has 0 aliphatic carbocycles. The van der Waals surface area contributed by atoms with Gasteiger partial charge in [-0.3, -0.25) is 0 Å². The number of aryl methyl sites for hydroxylation is 1. The number of hydrogen-bond donors (Lipinski definition) is 2. The first-order chi connectivity index (χ1) is 7.76. The summed E-state index contributed by atoms with van der Waals surface area (Å²) in [6.45, 7) is 2.78. The molecule has 0 bridgehead atoms. The second-order valence-electron chi connectivity index (χ2n) is 3.24. The molecule has 0 amide bonds. The van der Waals surface area contributed by atoms with Crippen LogP contribution >= 0.6 is 0 Å². The van der Waals surface area contributed by atoms with Crippen LogP contribution in [0.4, 0.5) is 5.82 Å². The Labute approximate surface area is 91.3 Å². The van der Waals surface area contributed by atoms with Gasteiger partial charge < -0.3 is 10.4 Å². The zero-order valence-corrected chi connectivity index (χ0v) is 8.92. The highest BCUT2D eigenvalue weighted by molar-refractivity contribution is 5.43. The van der Waals surface area contributed by atoms with Crippen molar-refractivity contribution in [2.75, 3.05) is 18.5 Å². The third-order valence-electron chi connectivity index (χ3n) is 2.16. The summed E-state index contributed by atoms with van der Waals surface area (Å²) in [7, 11) is 0. The SMILES string of the molecule is CCn1nc2ccc(NCCO)nn2c1=O. The normalized spacial score (nSPS) is 10.9. The van der Waals surface area contributed by atoms with E-state index in [0.29, 0.717) is 24.6 Å². The molecule has 7 nitrogen and oxygen atoms in total. The Balaban J connectivity index is 2.44. The molecule has 0 fully saturated rings. The zero-order valence-electron chi connectivity index (χ0n) is 8.92. The average molecular weight is 223 g/mol. The molecule has 0 aromatic carbocycles. The van der Waals surface area contributed by atoms with Gasteiger partial charge in [0, 0.05) is 13.1 Å². The number of anilines is 1. The van der Waals surface area contributed by atoms with E-state index in [-0.39, 0.29) is 12.3 Å². The van der Waals surface area contributed by atoms with E-state index < -0.39 is 0 Å². The fourth-order valence-corrected chi connectivity index (χ4v) is 1.39. The van der Waals surface area contributed by atoms with Crippen molar-refractivity contribution < 1.29 is 5.11 Å². The lowest BCUT2D eigenvalue weighted by Gasteiger charge is -2.01. The van der Waals surface area contributed by atoms with Crippen molar-refractivity contribution in [2.24, 2.45) is 0 Å². The second-order valence-corrected chi connectivity index (χ2v) is 3.24. The largest absolute Gasteiger partial charge is 0.395 e. The molecule has 0 saturated carbocycles. The number of rotatable bonds is 4. The molecule has 86 valence electrons. The lowest BCUT2D eigenvalue weighted by molar-refractivity contribution is 0.311. The number of fused-ring (bicyclic) bond motifs is 1. The summed E-state index contributed by atoms with van der Waals surface area (Å²) >= 11 is 0. The Morgan fingerprint density at radius 2 is 2.25 bits per heavy atom. The molecule has 0 aliphatic rings. The molecule has 2 N–H and O–H groups in total. The minimum Gasteiger partial charge on any atom is -0.395 e. The van der Waals surface area contributed by atoms with E-state index in [1.807, 2.05) is 6.92 Å². The quantitative estimate of drug-likeness (QED) is 0.717. The lowest BCUT2D eigenvalue weighted by Crippen LogP contribution is -2.22. The van der Waals surface area contributed by atoms with Crippen LogP contribution in [0.2, 0.25) is 0 Å². The summed E-state index contributed by atoms with van der Waals surface area (Å²) in [5.74, 6) is 0.541. The highest BCUT2D eigenvalue weighted by Gasteiger charge is 2.06. The molecule has 2 aromatic heterocycles. The maximum atomic E-state index is 11.7. The topological polar surface area (TPSA) is 84.4 Å². The van der Waals surface area contributed by atoms with E-state index in [1.165, 1.54) is 9.20 Å². The van der Waals surface area contributed by atoms with Crippen molar-refractivity contribution in [1.29, 1.82) is 0 Å². The molecule has 0 radical (unpaired) electrons. The summed E-state index contributed by atoms with van der Waals surface area (Å²) in [6.07, 6.45) is 0. The van der Waals surface area contributed by atoms with Gasteiger partial charge in [0.1, 0.15) is 5.82 Å². The first kappa shape index (κ1) is 10.6. The number of aliphatic hydroxyl groups is 1. The van der Waals surface area contributed by atoms with Gasteiger partial charge in [0.25, 0.3) is 0 Å². The van der Waals surface area contributed by atoms with Crippen molar-refractivity contribution in [2.45, 2.75) is 13.5 Å². The summed E-state index contributed by atoms with van der Waals surface area (Å²) in [5, 5.41) is 19.7. The predicted octanol–water partition coefficient (Wildman–Crippen LogP) is -0.685. The van der Waals surface area contributed by atoms with Crippen molar-refractivity contribution in [3.8, 4) is 0 Å². The van der Waals surface area contributed by atoms with Crippen LogP contribution in [-0.4, -0.2) is 37.7 Å². The first-order valence-corrected chi connectivity index (χ1v) is 5.08. The lowest BCUT2D eigenvalue weighted by atomic mass is 10.5. The van der Waals surface area contributed by atoms with Crippen molar-refractivity contribution in [1.82, 2.24) is 19.4 Å². The van der Waals surface area contributed by atoms with Crippen molar-refractivity contribution in [3.63, 3.8) is 0 Å². The monoisotopic (exact) mass is 223 g/mol. The molecule has 2 rings (SSSR count). The van der Waals surface area contributed by atoms with Gasteiger partial charge in [-0.25, -0.2) is 9.48 Å². The second kappa shape index (κ2) is 4.31. The van der Waals surface area contributed by atoms with E-state index in [1.54, 1.807) is 12.1 Å². The summed E-state index contributed by atoms with van der Waals surface area (Å²) in [5.41, 5.74) is 0.256. The Bertz CT molecular complexity index is 544. The predicted molar refractivity (Wildman–Crippen MR) is 58.5 cm³/mol. The molecule has 0 saturated heterocycles. The average Bonchev–Trinajstić information content (AvgIpc) is 2.63. The molecular weight excluding hydrogens is 210 g/mol. The zero-order chi connectivity index (χ0) is 11.5. The van der Waals surface area contributed by atoms with Gasteiger partial charge in [-0.15, -0.1) is 10.2 Å². The van der Waals surface area contributed by atoms with Crippen LogP contribution in [0, 0.1) is 0 Å². The number of aromatic nitrogens is 4. The number of aliphatic hydroxyl groups excluding tert-OH is 1. The highest BCUT2D eigenvalue weighted by Crippen LogP contribution is 2.02. The molecule has 0 spiro atoms. The van der Waals surface area contributed by atoms with Crippen molar-refractivity contribution in [3.05, 3.63) is 22.6 Å². The van der Waals surface area contributed by atoms with Crippen LogP contribution < -0.4 is 11.0 Å². The van der Waals surface area contributed by atoms with Crippen LogP contribution in [0.5, 0.6) is 0 Å². The van der Waals surface area contributed by atoms with Gasteiger partial charge in [-0.1, -0.05) is 0 Å². The summed E-state index contributed by atoms with van der Waals surface area (Å²) in [6, 6.07) is 3.43. The molecule has 2 heterocycles. The highest BCUT2D eigenvalue weighted by atomic mass is 16.3. The molecule has 0 atom stereocenters. The molecule has 7 heteroatoms. The van der Waals surface area contributed by atoms with Crippen LogP contribution in [0.3, 0.4) is 0 Å². The third-order valence-corrected chi connectivity index (χ3v) is 2.16. The molecule has 16 heavy (non-hydrogen) atoms. The number of hydrogen-bond acceptors (Lipinski definition) is 5. The Morgan fingerprint density at radius 1 is 1.44 bits per heavy atom. The minimum absolute atomic E-state index is 0.0167. The van der Waals surface area contributed by atoms with Gasteiger partial charge in [-0.2, -0.15) is 4.52 Å². The van der Waals surface area contributed by atoms with Crippen LogP contribution in [0.15, 0.2) is 16.9 Å². The van der Waals surface area contributed by atoms with Gasteiger partial charge in [0.05, 0.1) is 6.61 Å². The first-order valence-electron chi connectivity index (χ1n) is 5.08. The molecule has 0 unspecified atom stereocenters. The maximum absolute atomic E-state index is 11.7. The standard InChI is InChI=1S/C9H13N5O2/c1-2-13-9(16)14-8(12-13)4-3-7(11-14)10-5-6-15/h3-4,15H,2,5-6H2,1H3,(H,10,11). The van der Waals surface area contributed by atoms with Crippen LogP contribution in [-0.2, 0) is 6.54 Å². The van der Waals surface area contributed by atoms with Gasteiger partial charge in [-0.05, 0) is 19.1 Å². The van der Waals surface area contributed by atoms with E-state index in [9.17, 15) is 4.79 Å². The molecule has 2 aromatic rings. The Hall–Kier alpha value is -1.89. The van der Waals surface area contributed by atoms with Crippen LogP contribution in [0.1, 0.15) is 6.92 Å². The Kier molecular flexibility index (Phi) is 2.86. The van der Waals surface area contributed by atoms with E-state index in [4.69, 9.17) is 5.11 Å². The van der Waals surface area contributed by atoms with Crippen LogP contribution in [0.25, 0.3) is 5.65 Å². The smallest absolute Gasteiger partial charge is 0.367 e. The number of nitrogens with one attached hydrogen (secondary N) is 1. The van der Waals surface area contributed by atoms with E-state index in [2.05, 4.69) is 15.5 Å². The van der Waals surface area contributed by atoms with E-state index >= 15 is 0 Å². The fraction of sp³-hybridized carbons (Fsp3) is 0.444. The molecular formula is C9H13N5O2. The summed E-state index contributed by atoms with van der Waals surface area (Å²) < 4.78 is 2.58. The minimum atomic E-state index is -0.259. The Morgan fingerprint density at radius 3 is 2.94 bits per heavy atom. The fourth-order valence-electron chi connectivity index (χ4n) is 1.39. The van der Waals surface area contributed by atoms with E-state index in [0.717, 1.165) is 0 Å². The van der Waals surface area contributed by atoms with Crippen molar-refractivity contribution >= 4 is 11.5 Å². The molecule has 0 aliphatic heterocycles. The summed E-state index contributed by atoms with van der Waals surface area (Å²) in [4.78, 5) is 11.7. The maximum Gasteiger partial charge on any atom is 0.367 e. The van der Waals surface area contributed by atoms with Gasteiger partial charge >= 0.3 is 5.69 Å². The number of nitrogens with zero attached hydrogens (tertiary/aromatic N) is 4. The van der Waals surface area contributed by atoms with Gasteiger partial charge in [0.15, 0.2) is 5.65 Å². The van der Waals surface area contributed by atoms with Gasteiger partial charge in [0.2, 0.25) is 0 Å². The third kappa shape index (κ3) is 1.76.